The zero-order valence-electron chi connectivity index (χ0n) is 8.27. The van der Waals surface area contributed by atoms with Crippen LogP contribution in [0.2, 0.25) is 0 Å². The van der Waals surface area contributed by atoms with Crippen LogP contribution in [0.3, 0.4) is 0 Å². The minimum Gasteiger partial charge on any atom is -0.312 e. The van der Waals surface area contributed by atoms with E-state index in [0.717, 1.165) is 5.75 Å². The summed E-state index contributed by atoms with van der Waals surface area (Å²) in [5, 5.41) is 0.489. The Kier molecular flexibility index (Phi) is 3.10. The first-order valence-electron chi connectivity index (χ1n) is 4.83. The average molecular weight is 225 g/mol. The van der Waals surface area contributed by atoms with E-state index in [2.05, 4.69) is 31.2 Å². The fourth-order valence-corrected chi connectivity index (χ4v) is 4.43. The Balaban J connectivity index is 2.30. The van der Waals surface area contributed by atoms with Gasteiger partial charge in [0.2, 0.25) is 0 Å². The van der Waals surface area contributed by atoms with Gasteiger partial charge in [0.05, 0.1) is 4.87 Å². The predicted octanol–water partition coefficient (Wildman–Crippen LogP) is 2.67. The van der Waals surface area contributed by atoms with Gasteiger partial charge in [-0.25, -0.2) is 0 Å². The SMILES string of the molecule is C[C@H]1SCCS[C@]1(N)c1ccccc1. The van der Waals surface area contributed by atoms with Crippen molar-refractivity contribution in [3.63, 3.8) is 0 Å². The summed E-state index contributed by atoms with van der Waals surface area (Å²) < 4.78 is 0. The van der Waals surface area contributed by atoms with Crippen molar-refractivity contribution in [1.82, 2.24) is 0 Å². The van der Waals surface area contributed by atoms with Crippen LogP contribution in [0, 0.1) is 0 Å². The van der Waals surface area contributed by atoms with Crippen LogP contribution >= 0.6 is 23.5 Å². The molecule has 1 heterocycles. The summed E-state index contributed by atoms with van der Waals surface area (Å²) in [6.07, 6.45) is 0. The zero-order chi connectivity index (χ0) is 10.0. The highest BCUT2D eigenvalue weighted by atomic mass is 32.2. The first kappa shape index (κ1) is 10.4. The second kappa shape index (κ2) is 4.17. The van der Waals surface area contributed by atoms with Gasteiger partial charge in [-0.2, -0.15) is 11.8 Å². The van der Waals surface area contributed by atoms with Crippen LogP contribution in [-0.4, -0.2) is 16.8 Å². The molecule has 0 amide bonds. The monoisotopic (exact) mass is 225 g/mol. The molecule has 2 rings (SSSR count). The van der Waals surface area contributed by atoms with E-state index in [1.807, 2.05) is 29.6 Å². The minimum atomic E-state index is -0.190. The second-order valence-corrected chi connectivity index (χ2v) is 6.34. The maximum atomic E-state index is 6.47. The average Bonchev–Trinajstić information content (AvgIpc) is 2.24. The summed E-state index contributed by atoms with van der Waals surface area (Å²) in [7, 11) is 0. The van der Waals surface area contributed by atoms with Crippen LogP contribution in [-0.2, 0) is 4.87 Å². The van der Waals surface area contributed by atoms with E-state index < -0.39 is 0 Å². The molecule has 2 N–H and O–H groups in total. The molecular weight excluding hydrogens is 210 g/mol. The molecule has 1 aromatic carbocycles. The molecule has 14 heavy (non-hydrogen) atoms. The van der Waals surface area contributed by atoms with Crippen molar-refractivity contribution in [3.8, 4) is 0 Å². The van der Waals surface area contributed by atoms with Gasteiger partial charge in [-0.15, -0.1) is 11.8 Å². The third-order valence-corrected chi connectivity index (χ3v) is 5.82. The maximum Gasteiger partial charge on any atom is 0.0994 e. The third-order valence-electron chi connectivity index (χ3n) is 2.62. The molecule has 1 fully saturated rings. The van der Waals surface area contributed by atoms with Gasteiger partial charge in [0.25, 0.3) is 0 Å². The molecule has 1 aromatic rings. The lowest BCUT2D eigenvalue weighted by atomic mass is 10.0. The molecule has 0 saturated carbocycles. The van der Waals surface area contributed by atoms with Crippen LogP contribution in [0.4, 0.5) is 0 Å². The van der Waals surface area contributed by atoms with Gasteiger partial charge in [0.15, 0.2) is 0 Å². The lowest BCUT2D eigenvalue weighted by Gasteiger charge is -2.38. The van der Waals surface area contributed by atoms with Gasteiger partial charge < -0.3 is 5.73 Å². The smallest absolute Gasteiger partial charge is 0.0994 e. The van der Waals surface area contributed by atoms with E-state index in [-0.39, 0.29) is 4.87 Å². The number of rotatable bonds is 1. The van der Waals surface area contributed by atoms with Crippen LogP contribution in [0.25, 0.3) is 0 Å². The molecule has 0 bridgehead atoms. The lowest BCUT2D eigenvalue weighted by molar-refractivity contribution is 0.642. The molecule has 0 unspecified atom stereocenters. The minimum absolute atomic E-state index is 0.190. The van der Waals surface area contributed by atoms with Gasteiger partial charge in [-0.05, 0) is 5.56 Å². The van der Waals surface area contributed by atoms with Crippen molar-refractivity contribution in [2.45, 2.75) is 17.0 Å². The molecule has 1 nitrogen and oxygen atoms in total. The number of hydrogen-bond acceptors (Lipinski definition) is 3. The largest absolute Gasteiger partial charge is 0.312 e. The normalized spacial score (nSPS) is 32.9. The van der Waals surface area contributed by atoms with Gasteiger partial charge in [0, 0.05) is 16.8 Å². The van der Waals surface area contributed by atoms with Crippen molar-refractivity contribution >= 4 is 23.5 Å². The van der Waals surface area contributed by atoms with E-state index in [4.69, 9.17) is 5.73 Å². The molecule has 3 heteroatoms. The molecule has 0 aliphatic carbocycles. The van der Waals surface area contributed by atoms with Crippen molar-refractivity contribution in [2.75, 3.05) is 11.5 Å². The summed E-state index contributed by atoms with van der Waals surface area (Å²) in [5.41, 5.74) is 7.72. The molecule has 2 atom stereocenters. The van der Waals surface area contributed by atoms with E-state index in [1.165, 1.54) is 11.3 Å². The Bertz CT molecular complexity index is 301. The Morgan fingerprint density at radius 1 is 1.29 bits per heavy atom. The first-order chi connectivity index (χ1) is 6.73. The lowest BCUT2D eigenvalue weighted by Crippen LogP contribution is -2.44. The van der Waals surface area contributed by atoms with E-state index in [1.54, 1.807) is 0 Å². The number of nitrogens with two attached hydrogens (primary N) is 1. The number of thioether (sulfide) groups is 2. The van der Waals surface area contributed by atoms with E-state index in [9.17, 15) is 0 Å². The molecular formula is C11H15NS2. The summed E-state index contributed by atoms with van der Waals surface area (Å²) in [5.74, 6) is 2.37. The van der Waals surface area contributed by atoms with Crippen molar-refractivity contribution in [2.24, 2.45) is 5.73 Å². The highest BCUT2D eigenvalue weighted by Crippen LogP contribution is 2.43. The molecule has 1 saturated heterocycles. The Hall–Kier alpha value is -0.120. The van der Waals surface area contributed by atoms with E-state index >= 15 is 0 Å². The van der Waals surface area contributed by atoms with Crippen LogP contribution in [0.1, 0.15) is 12.5 Å². The third kappa shape index (κ3) is 1.81. The molecule has 76 valence electrons. The highest BCUT2D eigenvalue weighted by molar-refractivity contribution is 8.07. The molecule has 1 aliphatic heterocycles. The van der Waals surface area contributed by atoms with Gasteiger partial charge in [-0.1, -0.05) is 37.3 Å². The van der Waals surface area contributed by atoms with Crippen molar-refractivity contribution < 1.29 is 0 Å². The maximum absolute atomic E-state index is 6.47. The van der Waals surface area contributed by atoms with Crippen molar-refractivity contribution in [3.05, 3.63) is 35.9 Å². The molecule has 0 aromatic heterocycles. The number of benzene rings is 1. The summed E-state index contributed by atoms with van der Waals surface area (Å²) >= 11 is 3.86. The zero-order valence-corrected chi connectivity index (χ0v) is 9.91. The van der Waals surface area contributed by atoms with Gasteiger partial charge in [0.1, 0.15) is 0 Å². The summed E-state index contributed by atoms with van der Waals surface area (Å²) in [6, 6.07) is 10.4. The van der Waals surface area contributed by atoms with Crippen molar-refractivity contribution in [1.29, 1.82) is 0 Å². The Labute approximate surface area is 93.8 Å². The first-order valence-corrected chi connectivity index (χ1v) is 6.87. The molecule has 0 radical (unpaired) electrons. The second-order valence-electron chi connectivity index (χ2n) is 3.52. The standard InChI is InChI=1S/C11H15NS2/c1-9-11(12,14-8-7-13-9)10-5-3-2-4-6-10/h2-6,9H,7-8,12H2,1H3/t9-,11+/m1/s1. The summed E-state index contributed by atoms with van der Waals surface area (Å²) in [6.45, 7) is 2.23. The van der Waals surface area contributed by atoms with Crippen LogP contribution in [0.15, 0.2) is 30.3 Å². The fraction of sp³-hybridized carbons (Fsp3) is 0.455. The highest BCUT2D eigenvalue weighted by Gasteiger charge is 2.37. The predicted molar refractivity (Wildman–Crippen MR) is 66.7 cm³/mol. The van der Waals surface area contributed by atoms with Gasteiger partial charge in [-0.3, -0.25) is 0 Å². The summed E-state index contributed by atoms with van der Waals surface area (Å²) in [4.78, 5) is -0.190. The number of hydrogen-bond donors (Lipinski definition) is 1. The van der Waals surface area contributed by atoms with Crippen LogP contribution < -0.4 is 5.73 Å². The van der Waals surface area contributed by atoms with E-state index in [0.29, 0.717) is 5.25 Å². The van der Waals surface area contributed by atoms with Crippen LogP contribution in [0.5, 0.6) is 0 Å². The molecule has 0 spiro atoms. The quantitative estimate of drug-likeness (QED) is 0.796. The molecule has 1 aliphatic rings. The Morgan fingerprint density at radius 2 is 2.00 bits per heavy atom. The topological polar surface area (TPSA) is 26.0 Å². The van der Waals surface area contributed by atoms with Gasteiger partial charge >= 0.3 is 0 Å². The Morgan fingerprint density at radius 3 is 2.64 bits per heavy atom. The fourth-order valence-electron chi connectivity index (χ4n) is 1.69.